The molecule has 1 aromatic heterocycles. The molecule has 7 heteroatoms. The van der Waals surface area contributed by atoms with Gasteiger partial charge in [0.05, 0.1) is 23.3 Å². The van der Waals surface area contributed by atoms with Crippen LogP contribution in [0.25, 0.3) is 0 Å². The van der Waals surface area contributed by atoms with Gasteiger partial charge in [0.1, 0.15) is 17.2 Å². The second-order valence-electron chi connectivity index (χ2n) is 6.81. The maximum absolute atomic E-state index is 12.7. The van der Waals surface area contributed by atoms with Crippen LogP contribution in [0.15, 0.2) is 91.0 Å². The predicted molar refractivity (Wildman–Crippen MR) is 121 cm³/mol. The Labute approximate surface area is 190 Å². The van der Waals surface area contributed by atoms with E-state index in [-0.39, 0.29) is 17.7 Å². The molecule has 0 saturated carbocycles. The van der Waals surface area contributed by atoms with Crippen LogP contribution in [0.4, 0.5) is 5.69 Å². The molecule has 0 aliphatic heterocycles. The maximum Gasteiger partial charge on any atom is 0.255 e. The molecule has 4 aromatic rings. The van der Waals surface area contributed by atoms with E-state index in [1.54, 1.807) is 84.9 Å². The first-order valence-electron chi connectivity index (χ1n) is 9.88. The van der Waals surface area contributed by atoms with Crippen molar-refractivity contribution in [2.75, 3.05) is 5.32 Å². The summed E-state index contributed by atoms with van der Waals surface area (Å²) < 4.78 is 11.7. The van der Waals surface area contributed by atoms with E-state index >= 15 is 0 Å². The van der Waals surface area contributed by atoms with Crippen molar-refractivity contribution in [2.24, 2.45) is 0 Å². The van der Waals surface area contributed by atoms with Gasteiger partial charge in [-0.25, -0.2) is 0 Å². The number of benzene rings is 3. The average Bonchev–Trinajstić information content (AvgIpc) is 2.86. The zero-order valence-electron chi connectivity index (χ0n) is 17.2. The third-order valence-corrected chi connectivity index (χ3v) is 4.48. The zero-order chi connectivity index (χ0) is 23.0. The molecule has 1 heterocycles. The molecule has 0 aliphatic carbocycles. The molecule has 158 valence electrons. The Kier molecular flexibility index (Phi) is 6.25. The summed E-state index contributed by atoms with van der Waals surface area (Å²) in [7, 11) is 0. The molecule has 1 N–H and O–H groups in total. The molecule has 0 saturated heterocycles. The second-order valence-corrected chi connectivity index (χ2v) is 6.81. The Morgan fingerprint density at radius 1 is 0.758 bits per heavy atom. The first-order valence-corrected chi connectivity index (χ1v) is 9.88. The molecule has 33 heavy (non-hydrogen) atoms. The lowest BCUT2D eigenvalue weighted by Crippen LogP contribution is -2.13. The summed E-state index contributed by atoms with van der Waals surface area (Å²) in [5, 5.41) is 21.0. The van der Waals surface area contributed by atoms with E-state index in [0.29, 0.717) is 33.9 Å². The van der Waals surface area contributed by atoms with Crippen LogP contribution >= 0.6 is 0 Å². The van der Waals surface area contributed by atoms with Gasteiger partial charge < -0.3 is 14.8 Å². The molecular weight excluding hydrogens is 416 g/mol. The van der Waals surface area contributed by atoms with Crippen molar-refractivity contribution < 1.29 is 14.3 Å². The summed E-state index contributed by atoms with van der Waals surface area (Å²) in [6.07, 6.45) is 0. The minimum atomic E-state index is -0.330. The lowest BCUT2D eigenvalue weighted by atomic mass is 10.2. The first-order chi connectivity index (χ1) is 16.1. The molecule has 1 amide bonds. The van der Waals surface area contributed by atoms with E-state index in [4.69, 9.17) is 20.0 Å². The summed E-state index contributed by atoms with van der Waals surface area (Å²) >= 11 is 0. The number of nitrogens with zero attached hydrogens (tertiary/aromatic N) is 3. The molecule has 0 aliphatic rings. The summed E-state index contributed by atoms with van der Waals surface area (Å²) in [4.78, 5) is 17.1. The van der Waals surface area contributed by atoms with Gasteiger partial charge in [-0.2, -0.15) is 15.5 Å². The highest BCUT2D eigenvalue weighted by atomic mass is 16.5. The van der Waals surface area contributed by atoms with Crippen LogP contribution in [0, 0.1) is 22.7 Å². The zero-order valence-corrected chi connectivity index (χ0v) is 17.2. The van der Waals surface area contributed by atoms with E-state index in [0.717, 1.165) is 0 Å². The molecule has 3 aromatic carbocycles. The van der Waals surface area contributed by atoms with E-state index in [1.165, 1.54) is 0 Å². The van der Waals surface area contributed by atoms with Crippen molar-refractivity contribution in [3.63, 3.8) is 0 Å². The smallest absolute Gasteiger partial charge is 0.255 e. The molecular formula is C26H16N4O3. The summed E-state index contributed by atoms with van der Waals surface area (Å²) in [5.41, 5.74) is 1.67. The SMILES string of the molecule is N#Cc1cccc(Oc2ccc(NC(=O)c3ccccc3)c(Oc3cccc(C#N)c3)n2)c1. The van der Waals surface area contributed by atoms with Gasteiger partial charge in [0.25, 0.3) is 5.91 Å². The number of ether oxygens (including phenoxy) is 2. The molecule has 0 spiro atoms. The fraction of sp³-hybridized carbons (Fsp3) is 0. The van der Waals surface area contributed by atoms with Crippen LogP contribution < -0.4 is 14.8 Å². The lowest BCUT2D eigenvalue weighted by molar-refractivity contribution is 0.102. The predicted octanol–water partition coefficient (Wildman–Crippen LogP) is 5.66. The van der Waals surface area contributed by atoms with E-state index in [1.807, 2.05) is 6.07 Å². The van der Waals surface area contributed by atoms with Crippen molar-refractivity contribution in [1.29, 1.82) is 10.5 Å². The number of anilines is 1. The van der Waals surface area contributed by atoms with Gasteiger partial charge in [0.15, 0.2) is 0 Å². The number of amides is 1. The average molecular weight is 432 g/mol. The Balaban J connectivity index is 1.66. The van der Waals surface area contributed by atoms with E-state index < -0.39 is 0 Å². The summed E-state index contributed by atoms with van der Waals surface area (Å²) in [6, 6.07) is 29.3. The van der Waals surface area contributed by atoms with Gasteiger partial charge in [-0.1, -0.05) is 30.3 Å². The largest absolute Gasteiger partial charge is 0.439 e. The number of nitriles is 2. The molecule has 7 nitrogen and oxygen atoms in total. The van der Waals surface area contributed by atoms with Gasteiger partial charge in [0, 0.05) is 11.6 Å². The number of nitrogens with one attached hydrogen (secondary N) is 1. The van der Waals surface area contributed by atoms with Crippen LogP contribution in [-0.2, 0) is 0 Å². The van der Waals surface area contributed by atoms with Crippen LogP contribution in [0.2, 0.25) is 0 Å². The summed E-state index contributed by atoms with van der Waals surface area (Å²) in [5.74, 6) is 0.765. The van der Waals surface area contributed by atoms with Crippen molar-refractivity contribution in [3.8, 4) is 35.4 Å². The Hall–Kier alpha value is -5.14. The first kappa shape index (κ1) is 21.1. The normalized spacial score (nSPS) is 9.88. The van der Waals surface area contributed by atoms with Gasteiger partial charge in [0.2, 0.25) is 11.8 Å². The van der Waals surface area contributed by atoms with Crippen molar-refractivity contribution in [3.05, 3.63) is 108 Å². The molecule has 0 bridgehead atoms. The molecule has 0 radical (unpaired) electrons. The number of aromatic nitrogens is 1. The monoisotopic (exact) mass is 432 g/mol. The number of hydrogen-bond acceptors (Lipinski definition) is 6. The standard InChI is InChI=1S/C26H16N4O3/c27-16-18-6-4-10-21(14-18)32-24-13-12-23(29-25(31)20-8-2-1-3-9-20)26(30-24)33-22-11-5-7-19(15-22)17-28/h1-15H,(H,29,31). The van der Waals surface area contributed by atoms with E-state index in [2.05, 4.69) is 22.4 Å². The third kappa shape index (κ3) is 5.32. The Morgan fingerprint density at radius 2 is 1.39 bits per heavy atom. The van der Waals surface area contributed by atoms with Crippen LogP contribution in [0.5, 0.6) is 23.3 Å². The Bertz CT molecular complexity index is 1390. The molecule has 0 unspecified atom stereocenters. The maximum atomic E-state index is 12.7. The van der Waals surface area contributed by atoms with Crippen molar-refractivity contribution in [1.82, 2.24) is 4.98 Å². The quantitative estimate of drug-likeness (QED) is 0.421. The number of carbonyl (C=O) groups is 1. The highest BCUT2D eigenvalue weighted by Gasteiger charge is 2.14. The van der Waals surface area contributed by atoms with Crippen LogP contribution in [0.1, 0.15) is 21.5 Å². The van der Waals surface area contributed by atoms with Crippen molar-refractivity contribution in [2.45, 2.75) is 0 Å². The van der Waals surface area contributed by atoms with Crippen LogP contribution in [0.3, 0.4) is 0 Å². The third-order valence-electron chi connectivity index (χ3n) is 4.48. The highest BCUT2D eigenvalue weighted by Crippen LogP contribution is 2.32. The number of hydrogen-bond donors (Lipinski definition) is 1. The second kappa shape index (κ2) is 9.78. The number of carbonyl (C=O) groups excluding carboxylic acids is 1. The minimum Gasteiger partial charge on any atom is -0.439 e. The topological polar surface area (TPSA) is 108 Å². The number of pyridine rings is 1. The van der Waals surface area contributed by atoms with Gasteiger partial charge >= 0.3 is 0 Å². The van der Waals surface area contributed by atoms with Gasteiger partial charge in [-0.3, -0.25) is 4.79 Å². The van der Waals surface area contributed by atoms with Gasteiger partial charge in [-0.15, -0.1) is 0 Å². The summed E-state index contributed by atoms with van der Waals surface area (Å²) in [6.45, 7) is 0. The molecule has 4 rings (SSSR count). The highest BCUT2D eigenvalue weighted by molar-refractivity contribution is 6.04. The molecule has 0 fully saturated rings. The minimum absolute atomic E-state index is 0.0864. The fourth-order valence-electron chi connectivity index (χ4n) is 2.93. The molecule has 0 atom stereocenters. The van der Waals surface area contributed by atoms with Crippen LogP contribution in [-0.4, -0.2) is 10.9 Å². The van der Waals surface area contributed by atoms with E-state index in [9.17, 15) is 4.79 Å². The lowest BCUT2D eigenvalue weighted by Gasteiger charge is -2.13. The van der Waals surface area contributed by atoms with Crippen molar-refractivity contribution >= 4 is 11.6 Å². The van der Waals surface area contributed by atoms with Gasteiger partial charge in [-0.05, 0) is 54.6 Å². The number of rotatable bonds is 6. The Morgan fingerprint density at radius 3 is 2.03 bits per heavy atom. The fourth-order valence-corrected chi connectivity index (χ4v) is 2.93.